The van der Waals surface area contributed by atoms with E-state index in [-0.39, 0.29) is 36.2 Å². The molecule has 0 saturated heterocycles. The minimum absolute atomic E-state index is 0. The maximum Gasteiger partial charge on any atom is 1.00 e. The first-order valence-corrected chi connectivity index (χ1v) is 4.50. The van der Waals surface area contributed by atoms with E-state index in [0.717, 1.165) is 0 Å². The van der Waals surface area contributed by atoms with Gasteiger partial charge in [0.25, 0.3) is 0 Å². The molecule has 0 spiro atoms. The molecule has 0 amide bonds. The molecule has 4 nitrogen and oxygen atoms in total. The Morgan fingerprint density at radius 3 is 2.11 bits per heavy atom. The zero-order valence-electron chi connectivity index (χ0n) is 5.16. The minimum atomic E-state index is -2.61. The Labute approximate surface area is 80.0 Å². The van der Waals surface area contributed by atoms with Crippen molar-refractivity contribution in [2.75, 3.05) is 6.61 Å². The molecule has 0 aliphatic heterocycles. The number of rotatable bonds is 3. The van der Waals surface area contributed by atoms with E-state index in [0.29, 0.717) is 0 Å². The molecule has 7 heteroatoms. The summed E-state index contributed by atoms with van der Waals surface area (Å²) in [5.74, 6) is 0. The van der Waals surface area contributed by atoms with Crippen LogP contribution in [0.15, 0.2) is 0 Å². The van der Waals surface area contributed by atoms with Crippen molar-refractivity contribution in [2.24, 2.45) is 0 Å². The summed E-state index contributed by atoms with van der Waals surface area (Å²) in [7, 11) is -4.77. The molecule has 0 heterocycles. The van der Waals surface area contributed by atoms with Gasteiger partial charge in [-0.15, -0.1) is 0 Å². The zero-order valence-corrected chi connectivity index (χ0v) is 8.79. The van der Waals surface area contributed by atoms with Gasteiger partial charge >= 0.3 is 29.6 Å². The van der Waals surface area contributed by atoms with E-state index in [1.807, 2.05) is 0 Å². The Morgan fingerprint density at radius 1 is 1.56 bits per heavy atom. The van der Waals surface area contributed by atoms with Crippen molar-refractivity contribution < 1.29 is 46.7 Å². The Bertz CT molecular complexity index is 115. The molecule has 2 unspecified atom stereocenters. The molecule has 0 aromatic rings. The summed E-state index contributed by atoms with van der Waals surface area (Å²) < 4.78 is 33.5. The molecule has 0 rings (SSSR count). The second-order valence-electron chi connectivity index (χ2n) is 0.815. The van der Waals surface area contributed by atoms with Crippen molar-refractivity contribution >= 4 is 20.2 Å². The van der Waals surface area contributed by atoms with Gasteiger partial charge < -0.3 is 4.55 Å². The van der Waals surface area contributed by atoms with Crippen LogP contribution in [0, 0.1) is 0 Å². The van der Waals surface area contributed by atoms with Gasteiger partial charge in [0, 0.05) is 0 Å². The SMILES string of the molecule is CCOS(=O)S(=O)[O-].[Na+]. The summed E-state index contributed by atoms with van der Waals surface area (Å²) >= 11 is 0. The largest absolute Gasteiger partial charge is 1.00 e. The fraction of sp³-hybridized carbons (Fsp3) is 1.00. The average Bonchev–Trinajstić information content (AvgIpc) is 1.67. The predicted molar refractivity (Wildman–Crippen MR) is 28.7 cm³/mol. The molecule has 50 valence electrons. The van der Waals surface area contributed by atoms with E-state index in [1.165, 1.54) is 0 Å². The molecule has 0 fully saturated rings. The Kier molecular flexibility index (Phi) is 10.5. The van der Waals surface area contributed by atoms with Crippen LogP contribution in [0.25, 0.3) is 0 Å². The molecule has 0 saturated carbocycles. The second-order valence-corrected chi connectivity index (χ2v) is 3.50. The topological polar surface area (TPSA) is 66.4 Å². The van der Waals surface area contributed by atoms with E-state index < -0.39 is 20.2 Å². The van der Waals surface area contributed by atoms with E-state index in [4.69, 9.17) is 0 Å². The summed E-state index contributed by atoms with van der Waals surface area (Å²) in [5.41, 5.74) is 0. The van der Waals surface area contributed by atoms with Crippen LogP contribution in [0.1, 0.15) is 6.92 Å². The van der Waals surface area contributed by atoms with Gasteiger partial charge in [-0.2, -0.15) is 0 Å². The minimum Gasteiger partial charge on any atom is -0.760 e. The Morgan fingerprint density at radius 2 is 2.00 bits per heavy atom. The molecule has 0 radical (unpaired) electrons. The van der Waals surface area contributed by atoms with Crippen molar-refractivity contribution in [3.8, 4) is 0 Å². The van der Waals surface area contributed by atoms with Crippen LogP contribution in [0.5, 0.6) is 0 Å². The standard InChI is InChI=1S/C2H6O4S2.Na/c1-2-6-8(5)7(3)4;/h2H2,1H3,(H,3,4);/q;+1/p-1. The fourth-order valence-corrected chi connectivity index (χ4v) is 0.931. The van der Waals surface area contributed by atoms with Gasteiger partial charge in [-0.05, 0) is 6.92 Å². The van der Waals surface area contributed by atoms with Crippen LogP contribution >= 0.6 is 0 Å². The third-order valence-corrected chi connectivity index (χ3v) is 1.93. The summed E-state index contributed by atoms with van der Waals surface area (Å²) in [4.78, 5) is 0. The maximum atomic E-state index is 10.0. The Balaban J connectivity index is 0. The van der Waals surface area contributed by atoms with Crippen LogP contribution in [0.2, 0.25) is 0 Å². The molecule has 0 aliphatic carbocycles. The molecule has 9 heavy (non-hydrogen) atoms. The molecule has 0 aromatic heterocycles. The molecule has 0 N–H and O–H groups in total. The predicted octanol–water partition coefficient (Wildman–Crippen LogP) is -3.52. The van der Waals surface area contributed by atoms with E-state index in [2.05, 4.69) is 4.18 Å². The van der Waals surface area contributed by atoms with Crippen molar-refractivity contribution in [2.45, 2.75) is 6.92 Å². The van der Waals surface area contributed by atoms with Crippen molar-refractivity contribution in [1.82, 2.24) is 0 Å². The van der Waals surface area contributed by atoms with Gasteiger partial charge in [-0.3, -0.25) is 8.39 Å². The normalized spacial score (nSPS) is 15.8. The van der Waals surface area contributed by atoms with Gasteiger partial charge in [-0.25, -0.2) is 4.21 Å². The maximum absolute atomic E-state index is 10.0. The van der Waals surface area contributed by atoms with Gasteiger partial charge in [0.2, 0.25) is 10.1 Å². The van der Waals surface area contributed by atoms with Crippen LogP contribution in [-0.4, -0.2) is 19.6 Å². The van der Waals surface area contributed by atoms with Crippen molar-refractivity contribution in [3.05, 3.63) is 0 Å². The summed E-state index contributed by atoms with van der Waals surface area (Å²) in [6, 6.07) is 0. The first-order chi connectivity index (χ1) is 3.68. The summed E-state index contributed by atoms with van der Waals surface area (Å²) in [6.45, 7) is 1.70. The molecular weight excluding hydrogens is 175 g/mol. The van der Waals surface area contributed by atoms with Gasteiger partial charge in [-0.1, -0.05) is 0 Å². The monoisotopic (exact) mass is 180 g/mol. The van der Waals surface area contributed by atoms with Gasteiger partial charge in [0.15, 0.2) is 0 Å². The van der Waals surface area contributed by atoms with Crippen LogP contribution in [0.3, 0.4) is 0 Å². The number of hydrogen-bond acceptors (Lipinski definition) is 4. The van der Waals surface area contributed by atoms with Crippen LogP contribution < -0.4 is 29.6 Å². The molecule has 0 bridgehead atoms. The number of hydrogen-bond donors (Lipinski definition) is 0. The van der Waals surface area contributed by atoms with E-state index >= 15 is 0 Å². The molecule has 0 aromatic carbocycles. The third kappa shape index (κ3) is 7.11. The van der Waals surface area contributed by atoms with Crippen molar-refractivity contribution in [3.63, 3.8) is 0 Å². The van der Waals surface area contributed by atoms with E-state index in [1.54, 1.807) is 6.92 Å². The third-order valence-electron chi connectivity index (χ3n) is 0.325. The first-order valence-electron chi connectivity index (χ1n) is 1.83. The van der Waals surface area contributed by atoms with Crippen LogP contribution in [-0.2, 0) is 24.4 Å². The zero-order chi connectivity index (χ0) is 6.57. The van der Waals surface area contributed by atoms with Crippen LogP contribution in [0.4, 0.5) is 0 Å². The molecule has 0 aliphatic rings. The van der Waals surface area contributed by atoms with Crippen molar-refractivity contribution in [1.29, 1.82) is 0 Å². The average molecular weight is 180 g/mol. The summed E-state index contributed by atoms with van der Waals surface area (Å²) in [6.07, 6.45) is 0. The van der Waals surface area contributed by atoms with Gasteiger partial charge in [0.1, 0.15) is 0 Å². The Hall–Kier alpha value is 1.22. The van der Waals surface area contributed by atoms with Gasteiger partial charge in [0.05, 0.1) is 16.7 Å². The first kappa shape index (κ1) is 12.9. The fourth-order valence-electron chi connectivity index (χ4n) is 0.136. The quantitative estimate of drug-likeness (QED) is 0.256. The molecular formula is C2H5NaO4S2. The smallest absolute Gasteiger partial charge is 0.760 e. The van der Waals surface area contributed by atoms with E-state index in [9.17, 15) is 13.0 Å². The molecule has 2 atom stereocenters. The summed E-state index contributed by atoms with van der Waals surface area (Å²) in [5, 5.41) is 0. The second kappa shape index (κ2) is 7.33.